The molecule has 0 aliphatic heterocycles. The molecule has 26 heavy (non-hydrogen) atoms. The van der Waals surface area contributed by atoms with Crippen molar-refractivity contribution >= 4 is 34.5 Å². The van der Waals surface area contributed by atoms with Crippen LogP contribution in [0.15, 0.2) is 60.7 Å². The summed E-state index contributed by atoms with van der Waals surface area (Å²) < 4.78 is 0. The Bertz CT molecular complexity index is 545. The maximum absolute atomic E-state index is 11.1. The number of hydrogen-bond acceptors (Lipinski definition) is 2. The highest BCUT2D eigenvalue weighted by Gasteiger charge is 1.98. The highest BCUT2D eigenvalue weighted by Crippen LogP contribution is 2.07. The Morgan fingerprint density at radius 2 is 1.19 bits per heavy atom. The minimum absolute atomic E-state index is 0. The number of carbonyl (C=O) groups is 1. The van der Waals surface area contributed by atoms with Crippen LogP contribution in [0.25, 0.3) is 0 Å². The lowest BCUT2D eigenvalue weighted by molar-refractivity contribution is -0.116. The van der Waals surface area contributed by atoms with Gasteiger partial charge in [-0.1, -0.05) is 77.3 Å². The summed E-state index contributed by atoms with van der Waals surface area (Å²) in [5, 5.41) is 5.98. The van der Waals surface area contributed by atoms with Gasteiger partial charge < -0.3 is 10.6 Å². The third kappa shape index (κ3) is 12.2. The van der Waals surface area contributed by atoms with Gasteiger partial charge in [0, 0.05) is 17.8 Å². The largest absolute Gasteiger partial charge is 0.350 e. The molecule has 0 radical (unpaired) electrons. The van der Waals surface area contributed by atoms with Crippen molar-refractivity contribution in [2.45, 2.75) is 54.4 Å². The quantitative estimate of drug-likeness (QED) is 0.539. The van der Waals surface area contributed by atoms with Crippen molar-refractivity contribution in [2.75, 3.05) is 10.6 Å². The number of rotatable bonds is 6. The fraction of sp³-hybridized carbons (Fsp3) is 0.364. The van der Waals surface area contributed by atoms with Crippen LogP contribution in [0, 0.1) is 0 Å². The number of amides is 1. The van der Waals surface area contributed by atoms with E-state index in [1.165, 1.54) is 0 Å². The highest BCUT2D eigenvalue weighted by molar-refractivity contribution is 7.80. The van der Waals surface area contributed by atoms with E-state index < -0.39 is 0 Å². The monoisotopic (exact) mass is 374 g/mol. The van der Waals surface area contributed by atoms with Gasteiger partial charge in [0.15, 0.2) is 0 Å². The van der Waals surface area contributed by atoms with E-state index in [0.29, 0.717) is 6.42 Å². The van der Waals surface area contributed by atoms with E-state index in [1.807, 2.05) is 67.6 Å². The molecule has 3 nitrogen and oxygen atoms in total. The van der Waals surface area contributed by atoms with E-state index in [1.54, 1.807) is 0 Å². The Balaban J connectivity index is 0. The Hall–Kier alpha value is -2.20. The average Bonchev–Trinajstić information content (AvgIpc) is 2.58. The molecule has 0 aliphatic carbocycles. The van der Waals surface area contributed by atoms with E-state index >= 15 is 0 Å². The van der Waals surface area contributed by atoms with Gasteiger partial charge in [0.25, 0.3) is 0 Å². The second kappa shape index (κ2) is 16.3. The summed E-state index contributed by atoms with van der Waals surface area (Å²) in [4.78, 5) is 12.0. The molecule has 0 saturated carbocycles. The first-order chi connectivity index (χ1) is 11.7. The minimum Gasteiger partial charge on any atom is -0.350 e. The van der Waals surface area contributed by atoms with Crippen LogP contribution in [0.4, 0.5) is 11.4 Å². The highest BCUT2D eigenvalue weighted by atomic mass is 32.1. The van der Waals surface area contributed by atoms with Crippen molar-refractivity contribution in [2.24, 2.45) is 0 Å². The van der Waals surface area contributed by atoms with Crippen LogP contribution in [0.2, 0.25) is 0 Å². The summed E-state index contributed by atoms with van der Waals surface area (Å²) in [6.45, 7) is 4.11. The summed E-state index contributed by atoms with van der Waals surface area (Å²) >= 11 is 5.12. The molecule has 2 aromatic rings. The molecule has 0 aromatic heterocycles. The molecule has 1 amide bonds. The molecule has 0 heterocycles. The molecule has 0 fully saturated rings. The minimum atomic E-state index is 0. The Kier molecular flexibility index (Phi) is 16.3. The van der Waals surface area contributed by atoms with Gasteiger partial charge in [-0.15, -0.1) is 0 Å². The van der Waals surface area contributed by atoms with Crippen LogP contribution in [0.5, 0.6) is 0 Å². The van der Waals surface area contributed by atoms with Crippen molar-refractivity contribution in [1.82, 2.24) is 0 Å². The van der Waals surface area contributed by atoms with Crippen LogP contribution in [0.1, 0.15) is 54.4 Å². The molecule has 0 unspecified atom stereocenters. The predicted molar refractivity (Wildman–Crippen MR) is 121 cm³/mol. The zero-order valence-corrected chi connectivity index (χ0v) is 15.2. The SMILES string of the molecule is C.C.CCCC(=O)Nc1ccccc1.CCCC(=S)Nc1ccccc1. The number of benzene rings is 2. The summed E-state index contributed by atoms with van der Waals surface area (Å²) in [6, 6.07) is 19.5. The maximum atomic E-state index is 11.1. The molecule has 2 aromatic carbocycles. The molecule has 0 saturated heterocycles. The fourth-order valence-corrected chi connectivity index (χ4v) is 2.27. The molecule has 4 heteroatoms. The van der Waals surface area contributed by atoms with Crippen molar-refractivity contribution in [3.63, 3.8) is 0 Å². The standard InChI is InChI=1S/C10H13NO.C10H13NS.2CH4/c2*1-2-6-10(12)11-9-7-4-3-5-8-9;;/h2*3-5,7-8H,2,6H2,1H3,(H,11,12);2*1H4. The topological polar surface area (TPSA) is 41.1 Å². The number of thiocarbonyl (C=S) groups is 1. The zero-order valence-electron chi connectivity index (χ0n) is 14.4. The van der Waals surface area contributed by atoms with Gasteiger partial charge in [0.1, 0.15) is 0 Å². The summed E-state index contributed by atoms with van der Waals surface area (Å²) in [7, 11) is 0. The maximum Gasteiger partial charge on any atom is 0.224 e. The molecule has 0 bridgehead atoms. The summed E-state index contributed by atoms with van der Waals surface area (Å²) in [5.74, 6) is 0.0868. The molecule has 0 spiro atoms. The van der Waals surface area contributed by atoms with E-state index in [-0.39, 0.29) is 20.8 Å². The van der Waals surface area contributed by atoms with Crippen LogP contribution in [-0.4, -0.2) is 10.9 Å². The van der Waals surface area contributed by atoms with Crippen molar-refractivity contribution < 1.29 is 4.79 Å². The van der Waals surface area contributed by atoms with Gasteiger partial charge in [-0.25, -0.2) is 0 Å². The lowest BCUT2D eigenvalue weighted by atomic mass is 10.3. The molecular weight excluding hydrogens is 340 g/mol. The second-order valence-electron chi connectivity index (χ2n) is 5.33. The third-order valence-electron chi connectivity index (χ3n) is 3.07. The van der Waals surface area contributed by atoms with Crippen LogP contribution in [-0.2, 0) is 4.79 Å². The number of hydrogen-bond donors (Lipinski definition) is 2. The molecular formula is C22H34N2OS. The van der Waals surface area contributed by atoms with Gasteiger partial charge in [-0.3, -0.25) is 4.79 Å². The van der Waals surface area contributed by atoms with E-state index in [0.717, 1.165) is 35.6 Å². The molecule has 144 valence electrons. The average molecular weight is 375 g/mol. The first kappa shape index (κ1) is 26.0. The Morgan fingerprint density at radius 3 is 1.62 bits per heavy atom. The third-order valence-corrected chi connectivity index (χ3v) is 3.38. The van der Waals surface area contributed by atoms with Crippen LogP contribution < -0.4 is 10.6 Å². The second-order valence-corrected chi connectivity index (χ2v) is 5.82. The molecule has 0 atom stereocenters. The normalized spacial score (nSPS) is 8.69. The summed E-state index contributed by atoms with van der Waals surface area (Å²) in [5.41, 5.74) is 1.95. The van der Waals surface area contributed by atoms with Gasteiger partial charge in [-0.2, -0.15) is 0 Å². The fourth-order valence-electron chi connectivity index (χ4n) is 1.94. The zero-order chi connectivity index (χ0) is 17.6. The lowest BCUT2D eigenvalue weighted by Crippen LogP contribution is -2.10. The van der Waals surface area contributed by atoms with Crippen molar-refractivity contribution in [3.8, 4) is 0 Å². The molecule has 0 aliphatic rings. The van der Waals surface area contributed by atoms with Gasteiger partial charge in [0.2, 0.25) is 5.91 Å². The molecule has 2 N–H and O–H groups in total. The summed E-state index contributed by atoms with van der Waals surface area (Å²) in [6.07, 6.45) is 3.54. The first-order valence-corrected chi connectivity index (χ1v) is 8.76. The van der Waals surface area contributed by atoms with Crippen molar-refractivity contribution in [1.29, 1.82) is 0 Å². The molecule has 2 rings (SSSR count). The first-order valence-electron chi connectivity index (χ1n) is 8.35. The van der Waals surface area contributed by atoms with Gasteiger partial charge >= 0.3 is 0 Å². The van der Waals surface area contributed by atoms with Crippen LogP contribution in [0.3, 0.4) is 0 Å². The number of anilines is 2. The Morgan fingerprint density at radius 1 is 0.769 bits per heavy atom. The Labute approximate surface area is 165 Å². The van der Waals surface area contributed by atoms with Gasteiger partial charge in [-0.05, 0) is 43.5 Å². The van der Waals surface area contributed by atoms with E-state index in [4.69, 9.17) is 12.2 Å². The lowest BCUT2D eigenvalue weighted by Gasteiger charge is -2.05. The predicted octanol–water partition coefficient (Wildman–Crippen LogP) is 6.92. The van der Waals surface area contributed by atoms with Gasteiger partial charge in [0.05, 0.1) is 4.99 Å². The van der Waals surface area contributed by atoms with E-state index in [9.17, 15) is 4.79 Å². The smallest absolute Gasteiger partial charge is 0.224 e. The van der Waals surface area contributed by atoms with Crippen molar-refractivity contribution in [3.05, 3.63) is 60.7 Å². The number of para-hydroxylation sites is 2. The number of carbonyl (C=O) groups excluding carboxylic acids is 1. The van der Waals surface area contributed by atoms with E-state index in [2.05, 4.69) is 17.6 Å². The number of nitrogens with one attached hydrogen (secondary N) is 2. The van der Waals surface area contributed by atoms with Crippen LogP contribution >= 0.6 is 12.2 Å².